The number of thioether (sulfide) groups is 1. The zero-order valence-electron chi connectivity index (χ0n) is 12.2. The van der Waals surface area contributed by atoms with Crippen molar-refractivity contribution in [2.75, 3.05) is 26.4 Å². The van der Waals surface area contributed by atoms with Crippen molar-refractivity contribution in [1.29, 1.82) is 0 Å². The summed E-state index contributed by atoms with van der Waals surface area (Å²) in [4.78, 5) is 3.33. The van der Waals surface area contributed by atoms with E-state index in [9.17, 15) is 5.11 Å². The molecule has 0 radical (unpaired) electrons. The monoisotopic (exact) mass is 282 g/mol. The minimum atomic E-state index is -0.579. The molecule has 19 heavy (non-hydrogen) atoms. The van der Waals surface area contributed by atoms with Crippen LogP contribution in [0.4, 0.5) is 0 Å². The lowest BCUT2D eigenvalue weighted by atomic mass is 10.0. The second kappa shape index (κ2) is 8.59. The third-order valence-electron chi connectivity index (χ3n) is 3.01. The van der Waals surface area contributed by atoms with Crippen molar-refractivity contribution in [2.45, 2.75) is 36.8 Å². The molecule has 4 heteroatoms. The Morgan fingerprint density at radius 3 is 2.42 bits per heavy atom. The molecule has 2 atom stereocenters. The number of aliphatic hydroxyl groups is 1. The van der Waals surface area contributed by atoms with Crippen molar-refractivity contribution in [3.63, 3.8) is 0 Å². The summed E-state index contributed by atoms with van der Waals surface area (Å²) in [5.74, 6) is 1.13. The first kappa shape index (κ1) is 16.5. The second-order valence-electron chi connectivity index (χ2n) is 5.12. The van der Waals surface area contributed by atoms with Crippen LogP contribution in [-0.2, 0) is 0 Å². The van der Waals surface area contributed by atoms with Crippen LogP contribution in [0.3, 0.4) is 0 Å². The van der Waals surface area contributed by atoms with E-state index in [-0.39, 0.29) is 6.04 Å². The van der Waals surface area contributed by atoms with E-state index in [4.69, 9.17) is 5.73 Å². The fraction of sp³-hybridized carbons (Fsp3) is 0.600. The lowest BCUT2D eigenvalue weighted by Crippen LogP contribution is -2.32. The summed E-state index contributed by atoms with van der Waals surface area (Å²) in [5.41, 5.74) is 6.94. The van der Waals surface area contributed by atoms with Gasteiger partial charge in [0.15, 0.2) is 0 Å². The fourth-order valence-corrected chi connectivity index (χ4v) is 2.56. The number of nitrogens with zero attached hydrogens (tertiary/aromatic N) is 1. The molecule has 0 amide bonds. The average molecular weight is 282 g/mol. The van der Waals surface area contributed by atoms with E-state index in [1.807, 2.05) is 38.0 Å². The first-order chi connectivity index (χ1) is 9.04. The number of hydrogen-bond acceptors (Lipinski definition) is 4. The molecule has 0 spiro atoms. The van der Waals surface area contributed by atoms with Crippen molar-refractivity contribution in [3.05, 3.63) is 29.8 Å². The molecular weight excluding hydrogens is 256 g/mol. The molecule has 0 saturated carbocycles. The predicted molar refractivity (Wildman–Crippen MR) is 83.6 cm³/mol. The molecule has 1 aromatic rings. The molecule has 1 rings (SSSR count). The first-order valence-electron chi connectivity index (χ1n) is 6.85. The summed E-state index contributed by atoms with van der Waals surface area (Å²) in [6.07, 6.45) is 1.38. The van der Waals surface area contributed by atoms with Crippen molar-refractivity contribution < 1.29 is 5.11 Å². The minimum absolute atomic E-state index is 0.212. The van der Waals surface area contributed by atoms with Gasteiger partial charge in [0.25, 0.3) is 0 Å². The van der Waals surface area contributed by atoms with Gasteiger partial charge in [-0.1, -0.05) is 19.1 Å². The van der Waals surface area contributed by atoms with E-state index >= 15 is 0 Å². The highest BCUT2D eigenvalue weighted by molar-refractivity contribution is 7.99. The normalized spacial score (nSPS) is 14.6. The van der Waals surface area contributed by atoms with Crippen LogP contribution in [0.2, 0.25) is 0 Å². The van der Waals surface area contributed by atoms with Gasteiger partial charge in [0.05, 0.1) is 6.10 Å². The number of hydrogen-bond donors (Lipinski definition) is 2. The molecule has 2 unspecified atom stereocenters. The van der Waals surface area contributed by atoms with Gasteiger partial charge >= 0.3 is 0 Å². The van der Waals surface area contributed by atoms with Gasteiger partial charge in [0.2, 0.25) is 0 Å². The Hall–Kier alpha value is -0.550. The van der Waals surface area contributed by atoms with Gasteiger partial charge in [0, 0.05) is 10.9 Å². The van der Waals surface area contributed by atoms with Gasteiger partial charge in [-0.2, -0.15) is 0 Å². The molecule has 3 nitrogen and oxygen atoms in total. The Bertz CT molecular complexity index is 354. The first-order valence-corrected chi connectivity index (χ1v) is 7.84. The van der Waals surface area contributed by atoms with E-state index in [1.54, 1.807) is 0 Å². The van der Waals surface area contributed by atoms with Crippen molar-refractivity contribution >= 4 is 11.8 Å². The molecule has 0 aliphatic rings. The van der Waals surface area contributed by atoms with Crippen LogP contribution in [-0.4, -0.2) is 42.4 Å². The lowest BCUT2D eigenvalue weighted by Gasteiger charge is -2.21. The molecule has 0 saturated heterocycles. The van der Waals surface area contributed by atoms with Gasteiger partial charge in [-0.3, -0.25) is 0 Å². The Labute approximate surface area is 121 Å². The number of rotatable bonds is 8. The smallest absolute Gasteiger partial charge is 0.0941 e. The topological polar surface area (TPSA) is 49.5 Å². The number of nitrogens with two attached hydrogens (primary N) is 1. The molecule has 0 aliphatic carbocycles. The maximum absolute atomic E-state index is 10.2. The highest BCUT2D eigenvalue weighted by Gasteiger charge is 2.16. The second-order valence-corrected chi connectivity index (χ2v) is 6.29. The third-order valence-corrected chi connectivity index (χ3v) is 4.23. The highest BCUT2D eigenvalue weighted by Crippen LogP contribution is 2.23. The van der Waals surface area contributed by atoms with Crippen LogP contribution in [0, 0.1) is 0 Å². The summed E-state index contributed by atoms with van der Waals surface area (Å²) < 4.78 is 0. The van der Waals surface area contributed by atoms with E-state index in [0.717, 1.165) is 24.3 Å². The zero-order chi connectivity index (χ0) is 14.3. The molecule has 1 aromatic carbocycles. The lowest BCUT2D eigenvalue weighted by molar-refractivity contribution is 0.137. The van der Waals surface area contributed by atoms with Gasteiger partial charge in [-0.05, 0) is 56.9 Å². The molecule has 3 N–H and O–H groups in total. The molecule has 108 valence electrons. The molecule has 0 heterocycles. The molecular formula is C15H26N2OS. The van der Waals surface area contributed by atoms with Gasteiger partial charge in [-0.15, -0.1) is 11.8 Å². The number of benzene rings is 1. The Balaban J connectivity index is 2.54. The third kappa shape index (κ3) is 5.95. The van der Waals surface area contributed by atoms with Gasteiger partial charge in [0.1, 0.15) is 0 Å². The fourth-order valence-electron chi connectivity index (χ4n) is 1.79. The van der Waals surface area contributed by atoms with Crippen LogP contribution in [0.5, 0.6) is 0 Å². The molecule has 0 bridgehead atoms. The van der Waals surface area contributed by atoms with Crippen molar-refractivity contribution in [3.8, 4) is 0 Å². The maximum atomic E-state index is 10.2. The van der Waals surface area contributed by atoms with Crippen LogP contribution in [0.25, 0.3) is 0 Å². The summed E-state index contributed by atoms with van der Waals surface area (Å²) in [5, 5.41) is 10.2. The van der Waals surface area contributed by atoms with Gasteiger partial charge < -0.3 is 15.7 Å². The summed E-state index contributed by atoms with van der Waals surface area (Å²) in [7, 11) is 4.03. The molecule has 0 aromatic heterocycles. The van der Waals surface area contributed by atoms with E-state index in [0.29, 0.717) is 0 Å². The number of aliphatic hydroxyl groups excluding tert-OH is 1. The Morgan fingerprint density at radius 2 is 1.89 bits per heavy atom. The Morgan fingerprint density at radius 1 is 1.26 bits per heavy atom. The SMILES string of the molecule is CCCSc1ccc(C(O)C(N)CCN(C)C)cc1. The van der Waals surface area contributed by atoms with Crippen molar-refractivity contribution in [1.82, 2.24) is 4.90 Å². The van der Waals surface area contributed by atoms with Crippen LogP contribution >= 0.6 is 11.8 Å². The Kier molecular flexibility index (Phi) is 7.46. The average Bonchev–Trinajstić information content (AvgIpc) is 2.42. The van der Waals surface area contributed by atoms with Crippen LogP contribution in [0.1, 0.15) is 31.4 Å². The maximum Gasteiger partial charge on any atom is 0.0941 e. The highest BCUT2D eigenvalue weighted by atomic mass is 32.2. The quantitative estimate of drug-likeness (QED) is 0.719. The largest absolute Gasteiger partial charge is 0.387 e. The summed E-state index contributed by atoms with van der Waals surface area (Å²) in [6, 6.07) is 7.89. The minimum Gasteiger partial charge on any atom is -0.387 e. The van der Waals surface area contributed by atoms with Crippen LogP contribution < -0.4 is 5.73 Å². The van der Waals surface area contributed by atoms with Gasteiger partial charge in [-0.25, -0.2) is 0 Å². The summed E-state index contributed by atoms with van der Waals surface area (Å²) in [6.45, 7) is 3.07. The van der Waals surface area contributed by atoms with E-state index < -0.39 is 6.10 Å². The molecule has 0 fully saturated rings. The van der Waals surface area contributed by atoms with E-state index in [2.05, 4.69) is 24.0 Å². The molecule has 0 aliphatic heterocycles. The van der Waals surface area contributed by atoms with Crippen molar-refractivity contribution in [2.24, 2.45) is 5.73 Å². The van der Waals surface area contributed by atoms with E-state index in [1.165, 1.54) is 11.3 Å². The standard InChI is InChI=1S/C15H26N2OS/c1-4-11-19-13-7-5-12(6-8-13)15(18)14(16)9-10-17(2)3/h5-8,14-15,18H,4,9-11,16H2,1-3H3. The predicted octanol–water partition coefficient (Wildman–Crippen LogP) is 2.50. The van der Waals surface area contributed by atoms with Crippen LogP contribution in [0.15, 0.2) is 29.2 Å². The summed E-state index contributed by atoms with van der Waals surface area (Å²) >= 11 is 1.84. The zero-order valence-corrected chi connectivity index (χ0v) is 13.0.